The van der Waals surface area contributed by atoms with Crippen molar-refractivity contribution in [1.29, 1.82) is 0 Å². The number of nitrogens with zero attached hydrogens (tertiary/aromatic N) is 3. The summed E-state index contributed by atoms with van der Waals surface area (Å²) in [6.45, 7) is 3.40. The molecule has 0 atom stereocenters. The van der Waals surface area contributed by atoms with Crippen molar-refractivity contribution in [1.82, 2.24) is 14.9 Å². The first-order valence-corrected chi connectivity index (χ1v) is 6.43. The van der Waals surface area contributed by atoms with Crippen LogP contribution in [0.2, 0.25) is 0 Å². The molecule has 1 N–H and O–H groups in total. The summed E-state index contributed by atoms with van der Waals surface area (Å²) in [7, 11) is 1.86. The second-order valence-electron chi connectivity index (χ2n) is 4.80. The molecule has 0 saturated carbocycles. The molecule has 0 unspecified atom stereocenters. The normalized spacial score (nSPS) is 16.7. The Labute approximate surface area is 108 Å². The van der Waals surface area contributed by atoms with Crippen molar-refractivity contribution in [3.05, 3.63) is 18.1 Å². The summed E-state index contributed by atoms with van der Waals surface area (Å²) < 4.78 is 0. The van der Waals surface area contributed by atoms with Gasteiger partial charge in [0.25, 0.3) is 0 Å². The highest BCUT2D eigenvalue weighted by Crippen LogP contribution is 2.21. The Morgan fingerprint density at radius 3 is 2.78 bits per heavy atom. The van der Waals surface area contributed by atoms with Crippen LogP contribution < -0.4 is 5.32 Å². The molecule has 0 aliphatic carbocycles. The zero-order valence-electron chi connectivity index (χ0n) is 11.0. The van der Waals surface area contributed by atoms with Crippen LogP contribution >= 0.6 is 0 Å². The molecule has 2 rings (SSSR count). The van der Waals surface area contributed by atoms with Crippen molar-refractivity contribution in [2.24, 2.45) is 5.92 Å². The average Bonchev–Trinajstić information content (AvgIpc) is 2.39. The molecule has 0 aromatic carbocycles. The second-order valence-corrected chi connectivity index (χ2v) is 4.80. The first kappa shape index (κ1) is 12.8. The van der Waals surface area contributed by atoms with Gasteiger partial charge in [0.2, 0.25) is 5.91 Å². The Bertz CT molecular complexity index is 413. The Hall–Kier alpha value is -1.65. The molecule has 5 nitrogen and oxygen atoms in total. The first-order valence-electron chi connectivity index (χ1n) is 6.43. The fraction of sp³-hybridized carbons (Fsp3) is 0.615. The minimum absolute atomic E-state index is 0.188. The van der Waals surface area contributed by atoms with Crippen molar-refractivity contribution < 1.29 is 4.79 Å². The lowest BCUT2D eigenvalue weighted by molar-refractivity contribution is -0.130. The number of hydrogen-bond donors (Lipinski definition) is 1. The maximum absolute atomic E-state index is 11.2. The molecule has 1 aliphatic heterocycles. The number of nitrogens with one attached hydrogen (secondary N) is 1. The summed E-state index contributed by atoms with van der Waals surface area (Å²) in [6, 6.07) is 2.00. The molecule has 0 bridgehead atoms. The first-order chi connectivity index (χ1) is 8.69. The van der Waals surface area contributed by atoms with Crippen LogP contribution in [-0.4, -0.2) is 40.9 Å². The predicted octanol–water partition coefficient (Wildman–Crippen LogP) is 1.32. The molecule has 18 heavy (non-hydrogen) atoms. The molecule has 1 aromatic rings. The fourth-order valence-electron chi connectivity index (χ4n) is 2.39. The maximum Gasteiger partial charge on any atom is 0.219 e. The third-order valence-corrected chi connectivity index (χ3v) is 3.54. The summed E-state index contributed by atoms with van der Waals surface area (Å²) in [5.41, 5.74) is 1.08. The van der Waals surface area contributed by atoms with Gasteiger partial charge in [-0.05, 0) is 25.2 Å². The van der Waals surface area contributed by atoms with E-state index in [0.29, 0.717) is 5.92 Å². The number of carbonyl (C=O) groups excluding carboxylic acids is 1. The molecule has 0 spiro atoms. The number of rotatable bonds is 3. The molecule has 1 aliphatic rings. The smallest absolute Gasteiger partial charge is 0.219 e. The summed E-state index contributed by atoms with van der Waals surface area (Å²) in [4.78, 5) is 21.6. The van der Waals surface area contributed by atoms with Crippen LogP contribution in [0.15, 0.2) is 12.4 Å². The zero-order chi connectivity index (χ0) is 13.0. The molecular formula is C13H20N4O. The largest absolute Gasteiger partial charge is 0.373 e. The number of aromatic nitrogens is 2. The molecule has 1 fully saturated rings. The Balaban J connectivity index is 1.89. The van der Waals surface area contributed by atoms with E-state index in [1.54, 1.807) is 13.3 Å². The third kappa shape index (κ3) is 3.18. The Morgan fingerprint density at radius 1 is 1.44 bits per heavy atom. The van der Waals surface area contributed by atoms with E-state index in [9.17, 15) is 4.79 Å². The average molecular weight is 248 g/mol. The minimum Gasteiger partial charge on any atom is -0.373 e. The van der Waals surface area contributed by atoms with Crippen LogP contribution in [0.3, 0.4) is 0 Å². The van der Waals surface area contributed by atoms with E-state index in [4.69, 9.17) is 0 Å². The SMILES string of the molecule is CNc1cc(CC2CCN(C(C)=O)CC2)ncn1. The molecule has 98 valence electrons. The van der Waals surface area contributed by atoms with E-state index < -0.39 is 0 Å². The van der Waals surface area contributed by atoms with Crippen molar-refractivity contribution in [2.75, 3.05) is 25.5 Å². The predicted molar refractivity (Wildman–Crippen MR) is 70.3 cm³/mol. The molecule has 1 aromatic heterocycles. The van der Waals surface area contributed by atoms with Crippen molar-refractivity contribution in [3.63, 3.8) is 0 Å². The third-order valence-electron chi connectivity index (χ3n) is 3.54. The van der Waals surface area contributed by atoms with Gasteiger partial charge in [-0.3, -0.25) is 4.79 Å². The van der Waals surface area contributed by atoms with Crippen molar-refractivity contribution >= 4 is 11.7 Å². The van der Waals surface area contributed by atoms with E-state index in [1.165, 1.54) is 0 Å². The lowest BCUT2D eigenvalue weighted by Crippen LogP contribution is -2.37. The number of amides is 1. The van der Waals surface area contributed by atoms with Gasteiger partial charge in [0.05, 0.1) is 0 Å². The lowest BCUT2D eigenvalue weighted by atomic mass is 9.92. The molecule has 1 amide bonds. The van der Waals surface area contributed by atoms with Crippen molar-refractivity contribution in [2.45, 2.75) is 26.2 Å². The van der Waals surface area contributed by atoms with E-state index in [1.807, 2.05) is 18.0 Å². The molecular weight excluding hydrogens is 228 g/mol. The molecule has 0 radical (unpaired) electrons. The van der Waals surface area contributed by atoms with E-state index in [-0.39, 0.29) is 5.91 Å². The van der Waals surface area contributed by atoms with Gasteiger partial charge >= 0.3 is 0 Å². The number of anilines is 1. The van der Waals surface area contributed by atoms with Gasteiger partial charge in [-0.15, -0.1) is 0 Å². The van der Waals surface area contributed by atoms with Gasteiger partial charge in [-0.25, -0.2) is 9.97 Å². The molecule has 1 saturated heterocycles. The van der Waals surface area contributed by atoms with Gasteiger partial charge in [-0.2, -0.15) is 0 Å². The molecule has 5 heteroatoms. The summed E-state index contributed by atoms with van der Waals surface area (Å²) in [6.07, 6.45) is 4.71. The summed E-state index contributed by atoms with van der Waals surface area (Å²) >= 11 is 0. The number of piperidine rings is 1. The minimum atomic E-state index is 0.188. The van der Waals surface area contributed by atoms with E-state index >= 15 is 0 Å². The Morgan fingerprint density at radius 2 is 2.17 bits per heavy atom. The van der Waals surface area contributed by atoms with Gasteiger partial charge in [-0.1, -0.05) is 0 Å². The van der Waals surface area contributed by atoms with Gasteiger partial charge < -0.3 is 10.2 Å². The van der Waals surface area contributed by atoms with Gasteiger partial charge in [0.15, 0.2) is 0 Å². The maximum atomic E-state index is 11.2. The summed E-state index contributed by atoms with van der Waals surface area (Å²) in [5.74, 6) is 1.68. The number of likely N-dealkylation sites (tertiary alicyclic amines) is 1. The van der Waals surface area contributed by atoms with Gasteiger partial charge in [0, 0.05) is 38.8 Å². The van der Waals surface area contributed by atoms with Gasteiger partial charge in [0.1, 0.15) is 12.1 Å². The Kier molecular flexibility index (Phi) is 4.12. The lowest BCUT2D eigenvalue weighted by Gasteiger charge is -2.31. The van der Waals surface area contributed by atoms with Crippen LogP contribution in [0, 0.1) is 5.92 Å². The van der Waals surface area contributed by atoms with Crippen molar-refractivity contribution in [3.8, 4) is 0 Å². The number of carbonyl (C=O) groups is 1. The van der Waals surface area contributed by atoms with Crippen LogP contribution in [0.25, 0.3) is 0 Å². The van der Waals surface area contributed by atoms with E-state index in [2.05, 4.69) is 15.3 Å². The highest BCUT2D eigenvalue weighted by atomic mass is 16.2. The molecule has 2 heterocycles. The number of hydrogen-bond acceptors (Lipinski definition) is 4. The topological polar surface area (TPSA) is 58.1 Å². The second kappa shape index (κ2) is 5.80. The van der Waals surface area contributed by atoms with Crippen LogP contribution in [0.1, 0.15) is 25.5 Å². The standard InChI is InChI=1S/C13H20N4O/c1-10(18)17-5-3-11(4-6-17)7-12-8-13(14-2)16-9-15-12/h8-9,11H,3-7H2,1-2H3,(H,14,15,16). The van der Waals surface area contributed by atoms with Crippen LogP contribution in [0.5, 0.6) is 0 Å². The zero-order valence-corrected chi connectivity index (χ0v) is 11.0. The monoisotopic (exact) mass is 248 g/mol. The van der Waals surface area contributed by atoms with Crippen LogP contribution in [0.4, 0.5) is 5.82 Å². The van der Waals surface area contributed by atoms with Crippen LogP contribution in [-0.2, 0) is 11.2 Å². The van der Waals surface area contributed by atoms with E-state index in [0.717, 1.165) is 43.9 Å². The summed E-state index contributed by atoms with van der Waals surface area (Å²) in [5, 5.41) is 3.02. The highest BCUT2D eigenvalue weighted by molar-refractivity contribution is 5.73. The fourth-order valence-corrected chi connectivity index (χ4v) is 2.39. The quantitative estimate of drug-likeness (QED) is 0.876. The highest BCUT2D eigenvalue weighted by Gasteiger charge is 2.21.